The number of sulfone groups is 1. The zero-order valence-corrected chi connectivity index (χ0v) is 11.7. The molecule has 0 aliphatic carbocycles. The summed E-state index contributed by atoms with van der Waals surface area (Å²) in [6.07, 6.45) is 0.144. The Bertz CT molecular complexity index is 637. The standard InChI is InChI=1S/C10H12ClNO4S2/c11-8-1-3-9(4-2-8)12-18(15,16)10-5-6-17(13,14)7-10/h1-4,10,12H,5-7H2/t10-/m1/s1. The zero-order valence-electron chi connectivity index (χ0n) is 9.34. The van der Waals surface area contributed by atoms with E-state index in [1.54, 1.807) is 12.1 Å². The van der Waals surface area contributed by atoms with Crippen molar-refractivity contribution >= 4 is 37.1 Å². The van der Waals surface area contributed by atoms with E-state index in [4.69, 9.17) is 11.6 Å². The first kappa shape index (κ1) is 13.6. The molecule has 0 unspecified atom stereocenters. The third kappa shape index (κ3) is 3.15. The number of hydrogen-bond donors (Lipinski definition) is 1. The lowest BCUT2D eigenvalue weighted by atomic mass is 10.3. The summed E-state index contributed by atoms with van der Waals surface area (Å²) in [7, 11) is -6.89. The molecule has 0 radical (unpaired) electrons. The van der Waals surface area contributed by atoms with Crippen molar-refractivity contribution in [2.75, 3.05) is 16.2 Å². The lowest BCUT2D eigenvalue weighted by molar-refractivity contribution is 0.587. The predicted molar refractivity (Wildman–Crippen MR) is 71.1 cm³/mol. The van der Waals surface area contributed by atoms with Crippen LogP contribution in [-0.2, 0) is 19.9 Å². The summed E-state index contributed by atoms with van der Waals surface area (Å²) >= 11 is 5.69. The maximum absolute atomic E-state index is 12.0. The summed E-state index contributed by atoms with van der Waals surface area (Å²) in [4.78, 5) is 0. The van der Waals surface area contributed by atoms with Gasteiger partial charge >= 0.3 is 0 Å². The quantitative estimate of drug-likeness (QED) is 0.911. The van der Waals surface area contributed by atoms with Crippen LogP contribution in [0, 0.1) is 0 Å². The first-order valence-corrected chi connectivity index (χ1v) is 9.01. The molecule has 1 aromatic carbocycles. The van der Waals surface area contributed by atoms with Gasteiger partial charge in [-0.1, -0.05) is 11.6 Å². The van der Waals surface area contributed by atoms with Gasteiger partial charge in [0.1, 0.15) is 0 Å². The van der Waals surface area contributed by atoms with Gasteiger partial charge in [0.05, 0.1) is 16.8 Å². The van der Waals surface area contributed by atoms with Crippen LogP contribution in [0.2, 0.25) is 5.02 Å². The number of halogens is 1. The van der Waals surface area contributed by atoms with Gasteiger partial charge in [0.25, 0.3) is 0 Å². The van der Waals surface area contributed by atoms with Crippen molar-refractivity contribution in [3.63, 3.8) is 0 Å². The molecule has 1 aliphatic rings. The van der Waals surface area contributed by atoms with Crippen LogP contribution in [-0.4, -0.2) is 33.6 Å². The molecule has 18 heavy (non-hydrogen) atoms. The molecule has 1 heterocycles. The molecule has 0 aromatic heterocycles. The highest BCUT2D eigenvalue weighted by atomic mass is 35.5. The van der Waals surface area contributed by atoms with E-state index in [1.165, 1.54) is 12.1 Å². The van der Waals surface area contributed by atoms with Gasteiger partial charge < -0.3 is 0 Å². The topological polar surface area (TPSA) is 80.3 Å². The summed E-state index contributed by atoms with van der Waals surface area (Å²) in [6.45, 7) is 0. The summed E-state index contributed by atoms with van der Waals surface area (Å²) < 4.78 is 48.9. The van der Waals surface area contributed by atoms with Gasteiger partial charge in [-0.15, -0.1) is 0 Å². The molecule has 100 valence electrons. The van der Waals surface area contributed by atoms with Crippen molar-refractivity contribution in [1.29, 1.82) is 0 Å². The maximum Gasteiger partial charge on any atom is 0.236 e. The summed E-state index contributed by atoms with van der Waals surface area (Å²) in [5.41, 5.74) is 0.378. The van der Waals surface area contributed by atoms with E-state index in [9.17, 15) is 16.8 Å². The molecule has 0 amide bonds. The monoisotopic (exact) mass is 309 g/mol. The first-order valence-electron chi connectivity index (χ1n) is 5.26. The number of sulfonamides is 1. The Morgan fingerprint density at radius 1 is 1.22 bits per heavy atom. The Kier molecular flexibility index (Phi) is 3.57. The van der Waals surface area contributed by atoms with Crippen LogP contribution in [0.3, 0.4) is 0 Å². The predicted octanol–water partition coefficient (Wildman–Crippen LogP) is 1.27. The second kappa shape index (κ2) is 4.71. The molecule has 2 rings (SSSR count). The molecule has 1 aliphatic heterocycles. The summed E-state index contributed by atoms with van der Waals surface area (Å²) in [5.74, 6) is -0.380. The number of benzene rings is 1. The van der Waals surface area contributed by atoms with Crippen LogP contribution < -0.4 is 4.72 Å². The summed E-state index contributed by atoms with van der Waals surface area (Å²) in [6, 6.07) is 6.18. The number of nitrogens with one attached hydrogen (secondary N) is 1. The van der Waals surface area contributed by atoms with E-state index < -0.39 is 25.1 Å². The Morgan fingerprint density at radius 2 is 1.83 bits per heavy atom. The van der Waals surface area contributed by atoms with Gasteiger partial charge in [0, 0.05) is 10.7 Å². The third-order valence-corrected chi connectivity index (χ3v) is 6.76. The van der Waals surface area contributed by atoms with E-state index in [-0.39, 0.29) is 17.9 Å². The molecule has 1 aromatic rings. The smallest absolute Gasteiger partial charge is 0.236 e. The van der Waals surface area contributed by atoms with Crippen molar-refractivity contribution in [2.45, 2.75) is 11.7 Å². The number of rotatable bonds is 3. The Balaban J connectivity index is 2.15. The van der Waals surface area contributed by atoms with Gasteiger partial charge in [-0.25, -0.2) is 16.8 Å². The minimum atomic E-state index is -3.67. The van der Waals surface area contributed by atoms with Gasteiger partial charge in [-0.3, -0.25) is 4.72 Å². The molecular formula is C10H12ClNO4S2. The van der Waals surface area contributed by atoms with E-state index in [0.29, 0.717) is 10.7 Å². The lowest BCUT2D eigenvalue weighted by Crippen LogP contribution is -2.28. The molecule has 0 spiro atoms. The largest absolute Gasteiger partial charge is 0.283 e. The van der Waals surface area contributed by atoms with Gasteiger partial charge in [0.15, 0.2) is 9.84 Å². The van der Waals surface area contributed by atoms with E-state index in [1.807, 2.05) is 0 Å². The van der Waals surface area contributed by atoms with Crippen LogP contribution in [0.15, 0.2) is 24.3 Å². The van der Waals surface area contributed by atoms with Crippen LogP contribution in [0.1, 0.15) is 6.42 Å². The lowest BCUT2D eigenvalue weighted by Gasteiger charge is -2.12. The van der Waals surface area contributed by atoms with E-state index in [0.717, 1.165) is 0 Å². The minimum Gasteiger partial charge on any atom is -0.283 e. The Hall–Kier alpha value is -0.790. The number of anilines is 1. The van der Waals surface area contributed by atoms with Crippen molar-refractivity contribution < 1.29 is 16.8 Å². The molecule has 0 bridgehead atoms. The molecule has 1 N–H and O–H groups in total. The fourth-order valence-electron chi connectivity index (χ4n) is 1.77. The molecular weight excluding hydrogens is 298 g/mol. The Morgan fingerprint density at radius 3 is 2.33 bits per heavy atom. The van der Waals surface area contributed by atoms with Crippen LogP contribution in [0.4, 0.5) is 5.69 Å². The van der Waals surface area contributed by atoms with Crippen LogP contribution in [0.5, 0.6) is 0 Å². The fraction of sp³-hybridized carbons (Fsp3) is 0.400. The second-order valence-corrected chi connectivity index (χ2v) is 8.80. The van der Waals surface area contributed by atoms with Crippen LogP contribution >= 0.6 is 11.6 Å². The van der Waals surface area contributed by atoms with Crippen molar-refractivity contribution in [2.24, 2.45) is 0 Å². The maximum atomic E-state index is 12.0. The molecule has 1 saturated heterocycles. The highest BCUT2D eigenvalue weighted by molar-refractivity contribution is 7.97. The molecule has 1 atom stereocenters. The van der Waals surface area contributed by atoms with Crippen molar-refractivity contribution in [1.82, 2.24) is 0 Å². The van der Waals surface area contributed by atoms with Gasteiger partial charge in [-0.05, 0) is 30.7 Å². The second-order valence-electron chi connectivity index (χ2n) is 4.18. The van der Waals surface area contributed by atoms with Gasteiger partial charge in [-0.2, -0.15) is 0 Å². The normalized spacial score (nSPS) is 22.8. The zero-order chi connectivity index (χ0) is 13.4. The van der Waals surface area contributed by atoms with Crippen molar-refractivity contribution in [3.8, 4) is 0 Å². The van der Waals surface area contributed by atoms with E-state index >= 15 is 0 Å². The SMILES string of the molecule is O=S1(=O)CC[C@@H](S(=O)(=O)Nc2ccc(Cl)cc2)C1. The van der Waals surface area contributed by atoms with Gasteiger partial charge in [0.2, 0.25) is 10.0 Å². The Labute approximate surface area is 111 Å². The van der Waals surface area contributed by atoms with Crippen molar-refractivity contribution in [3.05, 3.63) is 29.3 Å². The van der Waals surface area contributed by atoms with E-state index in [2.05, 4.69) is 4.72 Å². The third-order valence-electron chi connectivity index (χ3n) is 2.73. The molecule has 0 saturated carbocycles. The highest BCUT2D eigenvalue weighted by Gasteiger charge is 2.37. The molecule has 5 nitrogen and oxygen atoms in total. The highest BCUT2D eigenvalue weighted by Crippen LogP contribution is 2.22. The summed E-state index contributed by atoms with van der Waals surface area (Å²) in [5, 5.41) is -0.375. The average Bonchev–Trinajstić information content (AvgIpc) is 2.63. The van der Waals surface area contributed by atoms with Crippen LogP contribution in [0.25, 0.3) is 0 Å². The minimum absolute atomic E-state index is 0.0702. The molecule has 8 heteroatoms. The first-order chi connectivity index (χ1) is 8.28. The fourth-order valence-corrected chi connectivity index (χ4v) is 5.99. The number of hydrogen-bond acceptors (Lipinski definition) is 4. The molecule has 1 fully saturated rings. The average molecular weight is 310 g/mol.